The summed E-state index contributed by atoms with van der Waals surface area (Å²) in [6.45, 7) is 5.01. The zero-order valence-electron chi connectivity index (χ0n) is 10.8. The molecule has 98 valence electrons. The van der Waals surface area contributed by atoms with Crippen LogP contribution in [0.1, 0.15) is 45.6 Å². The monoisotopic (exact) mass is 250 g/mol. The molecule has 0 saturated carbocycles. The van der Waals surface area contributed by atoms with Crippen LogP contribution in [-0.2, 0) is 6.42 Å². The van der Waals surface area contributed by atoms with Crippen LogP contribution >= 0.6 is 0 Å². The van der Waals surface area contributed by atoms with E-state index >= 15 is 0 Å². The second-order valence-corrected chi connectivity index (χ2v) is 5.11. The lowest BCUT2D eigenvalue weighted by atomic mass is 9.92. The number of aryl methyl sites for hydroxylation is 1. The molecule has 1 aliphatic rings. The van der Waals surface area contributed by atoms with E-state index in [9.17, 15) is 15.0 Å². The Morgan fingerprint density at radius 3 is 2.56 bits per heavy atom. The van der Waals surface area contributed by atoms with Crippen molar-refractivity contribution in [1.82, 2.24) is 0 Å². The van der Waals surface area contributed by atoms with Gasteiger partial charge in [0.1, 0.15) is 6.10 Å². The van der Waals surface area contributed by atoms with Gasteiger partial charge in [0.25, 0.3) is 0 Å². The molecule has 0 aliphatic heterocycles. The van der Waals surface area contributed by atoms with Crippen molar-refractivity contribution < 1.29 is 20.1 Å². The average Bonchev–Trinajstić information content (AvgIpc) is 2.46. The lowest BCUT2D eigenvalue weighted by Crippen LogP contribution is -2.35. The van der Waals surface area contributed by atoms with Crippen LogP contribution in [0.3, 0.4) is 0 Å². The zero-order chi connectivity index (χ0) is 13.7. The van der Waals surface area contributed by atoms with E-state index in [-0.39, 0.29) is 6.61 Å². The minimum atomic E-state index is -1.75. The number of carbonyl (C=O) groups is 1. The fourth-order valence-electron chi connectivity index (χ4n) is 2.75. The molecule has 0 heterocycles. The van der Waals surface area contributed by atoms with Crippen LogP contribution in [0.2, 0.25) is 0 Å². The maximum Gasteiger partial charge on any atom is 0.197 e. The maximum atomic E-state index is 12.1. The number of benzene rings is 1. The standard InChI is InChI=1S/C14H18O4/c1-7-6-10-11(8(2)9(7)4-5-15)13(17)14(3,18)12(10)16/h6,12,15-16,18H,4-5H2,1-3H3/t12-,14-/m1/s1. The highest BCUT2D eigenvalue weighted by atomic mass is 16.4. The summed E-state index contributed by atoms with van der Waals surface area (Å²) in [5, 5.41) is 29.1. The van der Waals surface area contributed by atoms with Crippen LogP contribution < -0.4 is 0 Å². The molecule has 2 atom stereocenters. The number of Topliss-reactive ketones (excluding diaryl/α,β-unsaturated/α-hetero) is 1. The van der Waals surface area contributed by atoms with Gasteiger partial charge in [-0.3, -0.25) is 4.79 Å². The SMILES string of the molecule is Cc1cc2c(c(C)c1CCO)C(=O)[C@](C)(O)[C@@H]2O. The minimum absolute atomic E-state index is 0.00754. The number of hydrogen-bond donors (Lipinski definition) is 3. The first-order valence-electron chi connectivity index (χ1n) is 6.01. The summed E-state index contributed by atoms with van der Waals surface area (Å²) < 4.78 is 0. The van der Waals surface area contributed by atoms with Crippen molar-refractivity contribution in [2.75, 3.05) is 6.61 Å². The van der Waals surface area contributed by atoms with E-state index in [1.54, 1.807) is 13.0 Å². The van der Waals surface area contributed by atoms with Gasteiger partial charge >= 0.3 is 0 Å². The summed E-state index contributed by atoms with van der Waals surface area (Å²) in [5.41, 5.74) is 1.72. The number of hydrogen-bond acceptors (Lipinski definition) is 4. The number of aliphatic hydroxyl groups is 3. The van der Waals surface area contributed by atoms with Crippen molar-refractivity contribution in [3.8, 4) is 0 Å². The molecule has 0 saturated heterocycles. The van der Waals surface area contributed by atoms with Crippen LogP contribution in [0, 0.1) is 13.8 Å². The highest BCUT2D eigenvalue weighted by Crippen LogP contribution is 2.42. The maximum absolute atomic E-state index is 12.1. The topological polar surface area (TPSA) is 77.8 Å². The molecule has 2 rings (SSSR count). The van der Waals surface area contributed by atoms with Crippen molar-refractivity contribution >= 4 is 5.78 Å². The van der Waals surface area contributed by atoms with Crippen molar-refractivity contribution in [2.24, 2.45) is 0 Å². The Morgan fingerprint density at radius 2 is 2.00 bits per heavy atom. The third-order valence-electron chi connectivity index (χ3n) is 3.84. The summed E-state index contributed by atoms with van der Waals surface area (Å²) in [6.07, 6.45) is -0.711. The van der Waals surface area contributed by atoms with Gasteiger partial charge in [-0.15, -0.1) is 0 Å². The van der Waals surface area contributed by atoms with Gasteiger partial charge in [-0.1, -0.05) is 6.07 Å². The summed E-state index contributed by atoms with van der Waals surface area (Å²) >= 11 is 0. The van der Waals surface area contributed by atoms with Crippen molar-refractivity contribution in [2.45, 2.75) is 38.9 Å². The summed E-state index contributed by atoms with van der Waals surface area (Å²) in [7, 11) is 0. The third-order valence-corrected chi connectivity index (χ3v) is 3.84. The second kappa shape index (κ2) is 4.16. The highest BCUT2D eigenvalue weighted by molar-refractivity contribution is 6.08. The largest absolute Gasteiger partial charge is 0.396 e. The first kappa shape index (κ1) is 13.2. The van der Waals surface area contributed by atoms with Gasteiger partial charge < -0.3 is 15.3 Å². The molecule has 0 spiro atoms. The third kappa shape index (κ3) is 1.61. The molecule has 0 bridgehead atoms. The number of carbonyl (C=O) groups excluding carboxylic acids is 1. The second-order valence-electron chi connectivity index (χ2n) is 5.11. The van der Waals surface area contributed by atoms with Gasteiger partial charge in [-0.05, 0) is 49.4 Å². The van der Waals surface area contributed by atoms with Gasteiger partial charge in [-0.25, -0.2) is 0 Å². The van der Waals surface area contributed by atoms with Gasteiger partial charge in [0.2, 0.25) is 0 Å². The first-order chi connectivity index (χ1) is 8.32. The van der Waals surface area contributed by atoms with E-state index in [0.29, 0.717) is 17.5 Å². The van der Waals surface area contributed by atoms with Gasteiger partial charge in [0.05, 0.1) is 0 Å². The van der Waals surface area contributed by atoms with Crippen LogP contribution in [0.4, 0.5) is 0 Å². The van der Waals surface area contributed by atoms with Crippen molar-refractivity contribution in [1.29, 1.82) is 0 Å². The Balaban J connectivity index is 2.69. The molecule has 1 aliphatic carbocycles. The zero-order valence-corrected chi connectivity index (χ0v) is 10.8. The Hall–Kier alpha value is -1.23. The van der Waals surface area contributed by atoms with E-state index in [2.05, 4.69) is 0 Å². The lowest BCUT2D eigenvalue weighted by Gasteiger charge is -2.19. The van der Waals surface area contributed by atoms with E-state index < -0.39 is 17.5 Å². The molecule has 0 fully saturated rings. The molecule has 0 radical (unpaired) electrons. The van der Waals surface area contributed by atoms with Crippen LogP contribution in [0.15, 0.2) is 6.07 Å². The van der Waals surface area contributed by atoms with Crippen LogP contribution in [0.5, 0.6) is 0 Å². The predicted molar refractivity (Wildman–Crippen MR) is 66.6 cm³/mol. The van der Waals surface area contributed by atoms with Gasteiger partial charge in [0, 0.05) is 12.2 Å². The molecule has 1 aromatic rings. The summed E-state index contributed by atoms with van der Waals surface area (Å²) in [6, 6.07) is 1.73. The normalized spacial score (nSPS) is 26.6. The molecule has 0 aromatic heterocycles. The lowest BCUT2D eigenvalue weighted by molar-refractivity contribution is -0.0321. The Labute approximate surface area is 106 Å². The molecule has 0 amide bonds. The fraction of sp³-hybridized carbons (Fsp3) is 0.500. The molecule has 0 unspecified atom stereocenters. The number of fused-ring (bicyclic) bond motifs is 1. The molecule has 3 N–H and O–H groups in total. The molecule has 1 aromatic carbocycles. The van der Waals surface area contributed by atoms with Crippen LogP contribution in [0.25, 0.3) is 0 Å². The van der Waals surface area contributed by atoms with E-state index in [1.807, 2.05) is 6.92 Å². The quantitative estimate of drug-likeness (QED) is 0.726. The minimum Gasteiger partial charge on any atom is -0.396 e. The van der Waals surface area contributed by atoms with E-state index in [4.69, 9.17) is 5.11 Å². The van der Waals surface area contributed by atoms with E-state index in [0.717, 1.165) is 16.7 Å². The molecule has 18 heavy (non-hydrogen) atoms. The van der Waals surface area contributed by atoms with Crippen LogP contribution in [-0.4, -0.2) is 33.3 Å². The average molecular weight is 250 g/mol. The predicted octanol–water partition coefficient (Wildman–Crippen LogP) is 0.819. The summed E-state index contributed by atoms with van der Waals surface area (Å²) in [4.78, 5) is 12.1. The van der Waals surface area contributed by atoms with Crippen molar-refractivity contribution in [3.05, 3.63) is 33.9 Å². The number of rotatable bonds is 2. The smallest absolute Gasteiger partial charge is 0.197 e. The molecular formula is C14H18O4. The number of aliphatic hydroxyl groups excluding tert-OH is 2. The molecule has 4 nitrogen and oxygen atoms in total. The number of ketones is 1. The Kier molecular flexibility index (Phi) is 3.05. The Bertz CT molecular complexity index is 517. The van der Waals surface area contributed by atoms with Crippen molar-refractivity contribution in [3.63, 3.8) is 0 Å². The first-order valence-corrected chi connectivity index (χ1v) is 6.01. The van der Waals surface area contributed by atoms with Gasteiger partial charge in [-0.2, -0.15) is 0 Å². The summed E-state index contributed by atoms with van der Waals surface area (Å²) in [5.74, 6) is -0.443. The van der Waals surface area contributed by atoms with Gasteiger partial charge in [0.15, 0.2) is 11.4 Å². The van der Waals surface area contributed by atoms with E-state index in [1.165, 1.54) is 6.92 Å². The fourth-order valence-corrected chi connectivity index (χ4v) is 2.75. The molecule has 4 heteroatoms. The highest BCUT2D eigenvalue weighted by Gasteiger charge is 2.49. The molecular weight excluding hydrogens is 232 g/mol. The Morgan fingerprint density at radius 1 is 1.39 bits per heavy atom.